The van der Waals surface area contributed by atoms with Gasteiger partial charge in [0.05, 0.1) is 36.0 Å². The fraction of sp³-hybridized carbons (Fsp3) is 0.409. The molecular weight excluding hydrogens is 447 g/mol. The molecule has 1 saturated heterocycles. The summed E-state index contributed by atoms with van der Waals surface area (Å²) >= 11 is 0. The molecule has 176 valence electrons. The van der Waals surface area contributed by atoms with Crippen LogP contribution in [-0.4, -0.2) is 53.1 Å². The number of fused-ring (bicyclic) bond motifs is 2. The van der Waals surface area contributed by atoms with E-state index in [2.05, 4.69) is 15.3 Å². The van der Waals surface area contributed by atoms with Crippen molar-refractivity contribution < 1.29 is 31.4 Å². The number of ether oxygens (including phenoxy) is 2. The Kier molecular flexibility index (Phi) is 5.40. The highest BCUT2D eigenvalue weighted by atomic mass is 19.4. The predicted octanol–water partition coefficient (Wildman–Crippen LogP) is 4.43. The van der Waals surface area contributed by atoms with E-state index < -0.39 is 24.0 Å². The Bertz CT molecular complexity index is 1180. The highest BCUT2D eigenvalue weighted by Gasteiger charge is 2.38. The van der Waals surface area contributed by atoms with Crippen molar-refractivity contribution in [1.29, 1.82) is 0 Å². The molecule has 6 nitrogen and oxygen atoms in total. The SMILES string of the molecule is C[C@@H]1CN([C@H]2COc3cc(F)ccc3[C@@H]2Nc2c(F)ccc3nn(C(F)(F)F)cc23)CCO1. The van der Waals surface area contributed by atoms with Gasteiger partial charge in [-0.3, -0.25) is 4.90 Å². The summed E-state index contributed by atoms with van der Waals surface area (Å²) in [5, 5.41) is 6.65. The van der Waals surface area contributed by atoms with Crippen LogP contribution in [0.4, 0.5) is 27.6 Å². The zero-order chi connectivity index (χ0) is 23.3. The van der Waals surface area contributed by atoms with Crippen LogP contribution in [0.1, 0.15) is 18.5 Å². The molecular formula is C22H21F5N4O2. The first-order valence-corrected chi connectivity index (χ1v) is 10.5. The van der Waals surface area contributed by atoms with Gasteiger partial charge in [-0.2, -0.15) is 9.78 Å². The lowest BCUT2D eigenvalue weighted by molar-refractivity contribution is -0.211. The number of rotatable bonds is 3. The number of morpholine rings is 1. The monoisotopic (exact) mass is 468 g/mol. The summed E-state index contributed by atoms with van der Waals surface area (Å²) in [5.74, 6) is -0.886. The molecule has 11 heteroatoms. The summed E-state index contributed by atoms with van der Waals surface area (Å²) in [6.07, 6.45) is -4.00. The van der Waals surface area contributed by atoms with Gasteiger partial charge in [0.1, 0.15) is 24.0 Å². The molecule has 0 aliphatic carbocycles. The second-order valence-corrected chi connectivity index (χ2v) is 8.26. The Morgan fingerprint density at radius 3 is 2.73 bits per heavy atom. The fourth-order valence-electron chi connectivity index (χ4n) is 4.50. The van der Waals surface area contributed by atoms with Crippen LogP contribution in [-0.2, 0) is 11.0 Å². The van der Waals surface area contributed by atoms with E-state index in [4.69, 9.17) is 9.47 Å². The maximum atomic E-state index is 14.9. The summed E-state index contributed by atoms with van der Waals surface area (Å²) in [7, 11) is 0. The Balaban J connectivity index is 1.58. The summed E-state index contributed by atoms with van der Waals surface area (Å²) in [5.41, 5.74) is 0.488. The van der Waals surface area contributed by atoms with Gasteiger partial charge in [-0.05, 0) is 25.1 Å². The van der Waals surface area contributed by atoms with E-state index in [1.165, 1.54) is 18.2 Å². The van der Waals surface area contributed by atoms with E-state index in [-0.39, 0.29) is 40.0 Å². The Labute approximate surface area is 185 Å². The number of hydrogen-bond acceptors (Lipinski definition) is 5. The van der Waals surface area contributed by atoms with Crippen LogP contribution in [0, 0.1) is 11.6 Å². The lowest BCUT2D eigenvalue weighted by Crippen LogP contribution is -2.54. The lowest BCUT2D eigenvalue weighted by atomic mass is 9.93. The van der Waals surface area contributed by atoms with E-state index in [1.54, 1.807) is 6.07 Å². The minimum atomic E-state index is -4.73. The van der Waals surface area contributed by atoms with Crippen molar-refractivity contribution in [3.8, 4) is 5.75 Å². The molecule has 3 heterocycles. The molecule has 0 unspecified atom stereocenters. The third kappa shape index (κ3) is 4.10. The molecule has 2 aliphatic heterocycles. The Morgan fingerprint density at radius 2 is 1.97 bits per heavy atom. The number of alkyl halides is 3. The number of benzene rings is 2. The van der Waals surface area contributed by atoms with Gasteiger partial charge in [0.25, 0.3) is 0 Å². The van der Waals surface area contributed by atoms with Gasteiger partial charge < -0.3 is 14.8 Å². The predicted molar refractivity (Wildman–Crippen MR) is 110 cm³/mol. The third-order valence-electron chi connectivity index (χ3n) is 6.04. The maximum absolute atomic E-state index is 14.9. The molecule has 1 N–H and O–H groups in total. The van der Waals surface area contributed by atoms with Gasteiger partial charge in [0.15, 0.2) is 0 Å². The highest BCUT2D eigenvalue weighted by molar-refractivity contribution is 5.91. The van der Waals surface area contributed by atoms with Gasteiger partial charge in [-0.15, -0.1) is 13.2 Å². The minimum absolute atomic E-state index is 0.000779. The van der Waals surface area contributed by atoms with Crippen LogP contribution in [0.15, 0.2) is 36.5 Å². The molecule has 0 spiro atoms. The first kappa shape index (κ1) is 21.9. The van der Waals surface area contributed by atoms with Crippen LogP contribution >= 0.6 is 0 Å². The molecule has 0 saturated carbocycles. The molecule has 1 aromatic heterocycles. The summed E-state index contributed by atoms with van der Waals surface area (Å²) < 4.78 is 79.7. The molecule has 0 radical (unpaired) electrons. The number of halogens is 5. The van der Waals surface area contributed by atoms with E-state index in [0.29, 0.717) is 31.0 Å². The van der Waals surface area contributed by atoms with Crippen molar-refractivity contribution in [3.63, 3.8) is 0 Å². The quantitative estimate of drug-likeness (QED) is 0.577. The minimum Gasteiger partial charge on any atom is -0.491 e. The highest BCUT2D eigenvalue weighted by Crippen LogP contribution is 2.40. The largest absolute Gasteiger partial charge is 0.504 e. The molecule has 1 fully saturated rings. The van der Waals surface area contributed by atoms with Crippen LogP contribution < -0.4 is 10.1 Å². The standard InChI is InChI=1S/C22H21F5N4O2/c1-12-9-30(6-7-32-12)18-11-33-19-8-13(23)2-3-14(19)21(18)28-20-15-10-31(22(25,26)27)29-17(15)5-4-16(20)24/h2-5,8,10,12,18,21,28H,6-7,9,11H2,1H3/t12-,18+,21+/m1/s1. The topological polar surface area (TPSA) is 51.5 Å². The summed E-state index contributed by atoms with van der Waals surface area (Å²) in [4.78, 5) is 2.13. The summed E-state index contributed by atoms with van der Waals surface area (Å²) in [6.45, 7) is 3.84. The van der Waals surface area contributed by atoms with Crippen molar-refractivity contribution in [2.24, 2.45) is 0 Å². The third-order valence-corrected chi connectivity index (χ3v) is 6.04. The van der Waals surface area contributed by atoms with Gasteiger partial charge in [0, 0.05) is 36.3 Å². The first-order chi connectivity index (χ1) is 15.7. The maximum Gasteiger partial charge on any atom is 0.504 e. The van der Waals surface area contributed by atoms with Crippen LogP contribution in [0.3, 0.4) is 0 Å². The average Bonchev–Trinajstić information content (AvgIpc) is 3.21. The first-order valence-electron chi connectivity index (χ1n) is 10.5. The molecule has 5 rings (SSSR count). The molecule has 3 aromatic rings. The smallest absolute Gasteiger partial charge is 0.491 e. The van der Waals surface area contributed by atoms with Gasteiger partial charge in [-0.25, -0.2) is 8.78 Å². The van der Waals surface area contributed by atoms with Gasteiger partial charge >= 0.3 is 6.30 Å². The second-order valence-electron chi connectivity index (χ2n) is 8.26. The van der Waals surface area contributed by atoms with Crippen molar-refractivity contribution in [2.45, 2.75) is 31.4 Å². The van der Waals surface area contributed by atoms with E-state index in [9.17, 15) is 22.0 Å². The van der Waals surface area contributed by atoms with Crippen LogP contribution in [0.2, 0.25) is 0 Å². The van der Waals surface area contributed by atoms with Gasteiger partial charge in [0.2, 0.25) is 0 Å². The van der Waals surface area contributed by atoms with Crippen molar-refractivity contribution >= 4 is 16.6 Å². The lowest BCUT2D eigenvalue weighted by Gasteiger charge is -2.44. The number of nitrogens with one attached hydrogen (secondary N) is 1. The number of aromatic nitrogens is 2. The zero-order valence-electron chi connectivity index (χ0n) is 17.6. The molecule has 0 amide bonds. The Morgan fingerprint density at radius 1 is 1.15 bits per heavy atom. The van der Waals surface area contributed by atoms with Crippen LogP contribution in [0.5, 0.6) is 5.75 Å². The number of nitrogens with zero attached hydrogens (tertiary/aromatic N) is 3. The Hall–Kier alpha value is -2.92. The normalized spacial score (nSPS) is 23.9. The van der Waals surface area contributed by atoms with Gasteiger partial charge in [-0.1, -0.05) is 6.07 Å². The van der Waals surface area contributed by atoms with E-state index in [1.807, 2.05) is 6.92 Å². The van der Waals surface area contributed by atoms with E-state index >= 15 is 0 Å². The van der Waals surface area contributed by atoms with Crippen LogP contribution in [0.25, 0.3) is 10.9 Å². The summed E-state index contributed by atoms with van der Waals surface area (Å²) in [6, 6.07) is 5.49. The van der Waals surface area contributed by atoms with Crippen molar-refractivity contribution in [3.05, 3.63) is 53.7 Å². The number of hydrogen-bond donors (Lipinski definition) is 1. The fourth-order valence-corrected chi connectivity index (χ4v) is 4.50. The number of anilines is 1. The molecule has 2 aromatic carbocycles. The van der Waals surface area contributed by atoms with Crippen molar-refractivity contribution in [2.75, 3.05) is 31.6 Å². The molecule has 3 atom stereocenters. The van der Waals surface area contributed by atoms with Crippen molar-refractivity contribution in [1.82, 2.24) is 14.7 Å². The van der Waals surface area contributed by atoms with E-state index in [0.717, 1.165) is 12.3 Å². The molecule has 0 bridgehead atoms. The molecule has 2 aliphatic rings. The second kappa shape index (κ2) is 8.14. The average molecular weight is 468 g/mol. The molecule has 33 heavy (non-hydrogen) atoms. The zero-order valence-corrected chi connectivity index (χ0v) is 17.6.